The number of anilines is 2. The molecule has 0 heterocycles. The average molecular weight is 390 g/mol. The van der Waals surface area contributed by atoms with Crippen molar-refractivity contribution in [1.82, 2.24) is 5.32 Å². The number of nitrogens with one attached hydrogen (secondary N) is 3. The first-order valence-electron chi connectivity index (χ1n) is 9.12. The van der Waals surface area contributed by atoms with Crippen molar-refractivity contribution in [3.05, 3.63) is 95.6 Å². The highest BCUT2D eigenvalue weighted by Crippen LogP contribution is 2.18. The molecule has 0 aliphatic heterocycles. The van der Waals surface area contributed by atoms with Crippen LogP contribution in [0.5, 0.6) is 0 Å². The molecule has 0 aromatic heterocycles. The number of hydrogen-bond acceptors (Lipinski definition) is 2. The van der Waals surface area contributed by atoms with Gasteiger partial charge in [0.15, 0.2) is 5.11 Å². The van der Waals surface area contributed by atoms with Crippen molar-refractivity contribution in [2.24, 2.45) is 0 Å². The van der Waals surface area contributed by atoms with E-state index in [9.17, 15) is 4.79 Å². The Bertz CT molecular complexity index is 955. The van der Waals surface area contributed by atoms with Crippen molar-refractivity contribution in [2.75, 3.05) is 10.6 Å². The summed E-state index contributed by atoms with van der Waals surface area (Å²) >= 11 is 5.41. The van der Waals surface area contributed by atoms with Gasteiger partial charge >= 0.3 is 0 Å². The maximum atomic E-state index is 12.8. The predicted molar refractivity (Wildman–Crippen MR) is 120 cm³/mol. The normalized spacial score (nSPS) is 11.4. The van der Waals surface area contributed by atoms with Crippen LogP contribution in [0.25, 0.3) is 0 Å². The Hall–Kier alpha value is -3.18. The van der Waals surface area contributed by atoms with Crippen molar-refractivity contribution in [2.45, 2.75) is 19.9 Å². The summed E-state index contributed by atoms with van der Waals surface area (Å²) in [6, 6.07) is 25.0. The van der Waals surface area contributed by atoms with Crippen LogP contribution in [0.1, 0.15) is 34.5 Å². The summed E-state index contributed by atoms with van der Waals surface area (Å²) in [7, 11) is 0. The molecule has 0 spiro atoms. The zero-order valence-electron chi connectivity index (χ0n) is 15.9. The van der Waals surface area contributed by atoms with Crippen LogP contribution in [0.4, 0.5) is 11.4 Å². The smallest absolute Gasteiger partial charge is 0.253 e. The lowest BCUT2D eigenvalue weighted by molar-refractivity contribution is 0.0941. The minimum absolute atomic E-state index is 0.0978. The monoisotopic (exact) mass is 389 g/mol. The zero-order chi connectivity index (χ0) is 19.9. The molecule has 0 radical (unpaired) electrons. The molecule has 1 atom stereocenters. The van der Waals surface area contributed by atoms with E-state index in [1.54, 1.807) is 6.07 Å². The molecule has 1 unspecified atom stereocenters. The molecule has 3 rings (SSSR count). The summed E-state index contributed by atoms with van der Waals surface area (Å²) in [5.41, 5.74) is 4.32. The SMILES string of the molecule is Cc1ccc(NC(=S)Nc2ccccc2C(=O)NC(C)c2ccccc2)cc1. The van der Waals surface area contributed by atoms with Crippen molar-refractivity contribution in [3.8, 4) is 0 Å². The van der Waals surface area contributed by atoms with E-state index in [4.69, 9.17) is 12.2 Å². The summed E-state index contributed by atoms with van der Waals surface area (Å²) in [4.78, 5) is 12.8. The van der Waals surface area contributed by atoms with E-state index in [0.29, 0.717) is 16.4 Å². The summed E-state index contributed by atoms with van der Waals surface area (Å²) in [5, 5.41) is 9.74. The van der Waals surface area contributed by atoms with Gasteiger partial charge in [0, 0.05) is 5.69 Å². The standard InChI is InChI=1S/C23H23N3OS/c1-16-12-14-19(15-13-16)25-23(28)26-21-11-7-6-10-20(21)22(27)24-17(2)18-8-4-3-5-9-18/h3-15,17H,1-2H3,(H,24,27)(H2,25,26,28). The topological polar surface area (TPSA) is 53.2 Å². The number of rotatable bonds is 5. The third-order valence-corrected chi connectivity index (χ3v) is 4.58. The highest BCUT2D eigenvalue weighted by Gasteiger charge is 2.15. The Balaban J connectivity index is 1.69. The van der Waals surface area contributed by atoms with Crippen LogP contribution in [0.15, 0.2) is 78.9 Å². The Morgan fingerprint density at radius 2 is 1.50 bits per heavy atom. The van der Waals surface area contributed by atoms with E-state index in [1.165, 1.54) is 5.56 Å². The molecule has 0 saturated heterocycles. The number of aryl methyl sites for hydroxylation is 1. The number of amides is 1. The number of para-hydroxylation sites is 1. The summed E-state index contributed by atoms with van der Waals surface area (Å²) in [5.74, 6) is -0.155. The molecule has 5 heteroatoms. The molecule has 142 valence electrons. The predicted octanol–water partition coefficient (Wildman–Crippen LogP) is 5.29. The Morgan fingerprint density at radius 3 is 2.21 bits per heavy atom. The number of hydrogen-bond donors (Lipinski definition) is 3. The van der Waals surface area contributed by atoms with Gasteiger partial charge in [-0.25, -0.2) is 0 Å². The third kappa shape index (κ3) is 5.18. The third-order valence-electron chi connectivity index (χ3n) is 4.38. The molecule has 4 nitrogen and oxygen atoms in total. The van der Waals surface area contributed by atoms with Gasteiger partial charge in [0.2, 0.25) is 0 Å². The molecular weight excluding hydrogens is 366 g/mol. The fraction of sp³-hybridized carbons (Fsp3) is 0.130. The number of thiocarbonyl (C=S) groups is 1. The van der Waals surface area contributed by atoms with Crippen LogP contribution in [0, 0.1) is 6.92 Å². The number of benzene rings is 3. The quantitative estimate of drug-likeness (QED) is 0.519. The van der Waals surface area contributed by atoms with E-state index in [0.717, 1.165) is 11.3 Å². The van der Waals surface area contributed by atoms with Gasteiger partial charge in [0.25, 0.3) is 5.91 Å². The number of carbonyl (C=O) groups excluding carboxylic acids is 1. The highest BCUT2D eigenvalue weighted by atomic mass is 32.1. The van der Waals surface area contributed by atoms with E-state index in [1.807, 2.05) is 86.6 Å². The van der Waals surface area contributed by atoms with E-state index in [-0.39, 0.29) is 11.9 Å². The van der Waals surface area contributed by atoms with Gasteiger partial charge in [0.1, 0.15) is 0 Å². The van der Waals surface area contributed by atoms with Crippen LogP contribution in [0.3, 0.4) is 0 Å². The summed E-state index contributed by atoms with van der Waals surface area (Å²) in [6.07, 6.45) is 0. The largest absolute Gasteiger partial charge is 0.345 e. The second kappa shape index (κ2) is 9.15. The molecule has 28 heavy (non-hydrogen) atoms. The molecule has 0 aliphatic rings. The molecule has 0 aliphatic carbocycles. The van der Waals surface area contributed by atoms with Gasteiger partial charge in [-0.1, -0.05) is 60.2 Å². The lowest BCUT2D eigenvalue weighted by Gasteiger charge is -2.17. The van der Waals surface area contributed by atoms with Gasteiger partial charge < -0.3 is 16.0 Å². The fourth-order valence-corrected chi connectivity index (χ4v) is 3.04. The first-order chi connectivity index (χ1) is 13.5. The second-order valence-corrected chi connectivity index (χ2v) is 7.00. The first kappa shape index (κ1) is 19.6. The minimum atomic E-state index is -0.155. The maximum absolute atomic E-state index is 12.8. The highest BCUT2D eigenvalue weighted by molar-refractivity contribution is 7.80. The summed E-state index contributed by atoms with van der Waals surface area (Å²) in [6.45, 7) is 4.00. The van der Waals surface area contributed by atoms with E-state index in [2.05, 4.69) is 16.0 Å². The minimum Gasteiger partial charge on any atom is -0.345 e. The molecule has 0 fully saturated rings. The molecule has 3 aromatic carbocycles. The van der Waals surface area contributed by atoms with Gasteiger partial charge in [-0.15, -0.1) is 0 Å². The molecule has 3 N–H and O–H groups in total. The Kier molecular flexibility index (Phi) is 6.40. The molecule has 0 saturated carbocycles. The van der Waals surface area contributed by atoms with Crippen molar-refractivity contribution < 1.29 is 4.79 Å². The van der Waals surface area contributed by atoms with Gasteiger partial charge in [-0.2, -0.15) is 0 Å². The molecular formula is C23H23N3OS. The van der Waals surface area contributed by atoms with Crippen molar-refractivity contribution >= 4 is 34.6 Å². The van der Waals surface area contributed by atoms with E-state index >= 15 is 0 Å². The zero-order valence-corrected chi connectivity index (χ0v) is 16.7. The molecule has 0 bridgehead atoms. The van der Waals surface area contributed by atoms with Crippen LogP contribution in [0.2, 0.25) is 0 Å². The van der Waals surface area contributed by atoms with Crippen molar-refractivity contribution in [1.29, 1.82) is 0 Å². The Morgan fingerprint density at radius 1 is 0.857 bits per heavy atom. The van der Waals surface area contributed by atoms with Crippen LogP contribution < -0.4 is 16.0 Å². The van der Waals surface area contributed by atoms with Gasteiger partial charge in [-0.3, -0.25) is 4.79 Å². The van der Waals surface area contributed by atoms with Crippen LogP contribution in [-0.2, 0) is 0 Å². The Labute approximate surface area is 171 Å². The van der Waals surface area contributed by atoms with E-state index < -0.39 is 0 Å². The van der Waals surface area contributed by atoms with Gasteiger partial charge in [0.05, 0.1) is 17.3 Å². The molecule has 3 aromatic rings. The lowest BCUT2D eigenvalue weighted by Crippen LogP contribution is -2.28. The lowest BCUT2D eigenvalue weighted by atomic mass is 10.1. The van der Waals surface area contributed by atoms with Gasteiger partial charge in [-0.05, 0) is 55.9 Å². The number of carbonyl (C=O) groups is 1. The first-order valence-corrected chi connectivity index (χ1v) is 9.53. The average Bonchev–Trinajstić information content (AvgIpc) is 2.70. The summed E-state index contributed by atoms with van der Waals surface area (Å²) < 4.78 is 0. The second-order valence-electron chi connectivity index (χ2n) is 6.60. The van der Waals surface area contributed by atoms with Crippen LogP contribution >= 0.6 is 12.2 Å². The van der Waals surface area contributed by atoms with Crippen LogP contribution in [-0.4, -0.2) is 11.0 Å². The van der Waals surface area contributed by atoms with Crippen molar-refractivity contribution in [3.63, 3.8) is 0 Å². The molecule has 1 amide bonds. The fourth-order valence-electron chi connectivity index (χ4n) is 2.81. The maximum Gasteiger partial charge on any atom is 0.253 e.